The van der Waals surface area contributed by atoms with E-state index in [1.54, 1.807) is 36.4 Å². The van der Waals surface area contributed by atoms with Crippen LogP contribution in [0.25, 0.3) is 0 Å². The molecule has 21 heavy (non-hydrogen) atoms. The first kappa shape index (κ1) is 16.1. The Balaban J connectivity index is 1.84. The highest BCUT2D eigenvalue weighted by Gasteiger charge is 2.09. The van der Waals surface area contributed by atoms with Crippen molar-refractivity contribution in [2.45, 2.75) is 6.10 Å². The number of benzene rings is 2. The summed E-state index contributed by atoms with van der Waals surface area (Å²) in [5, 5.41) is 13.2. The fourth-order valence-corrected chi connectivity index (χ4v) is 2.22. The van der Waals surface area contributed by atoms with Crippen LogP contribution in [0, 0.1) is 5.82 Å². The largest absolute Gasteiger partial charge is 0.489 e. The number of aliphatic hydroxyl groups is 1. The lowest BCUT2D eigenvalue weighted by Crippen LogP contribution is -2.26. The predicted molar refractivity (Wildman–Crippen MR) is 85.5 cm³/mol. The third kappa shape index (κ3) is 4.88. The zero-order chi connectivity index (χ0) is 15.2. The Kier molecular flexibility index (Phi) is 5.85. The third-order valence-corrected chi connectivity index (χ3v) is 3.53. The molecule has 2 rings (SSSR count). The molecule has 0 heterocycles. The molecule has 0 fully saturated rings. The van der Waals surface area contributed by atoms with Gasteiger partial charge < -0.3 is 15.2 Å². The van der Waals surface area contributed by atoms with Gasteiger partial charge in [0.15, 0.2) is 0 Å². The highest BCUT2D eigenvalue weighted by Crippen LogP contribution is 2.23. The van der Waals surface area contributed by atoms with Crippen LogP contribution in [0.5, 0.6) is 5.75 Å². The molecule has 0 saturated heterocycles. The number of aliphatic hydroxyl groups excluding tert-OH is 1. The SMILES string of the molecule is OC(CNc1cc(Br)ccc1F)COc1ccccc1Cl. The molecule has 2 aromatic carbocycles. The van der Waals surface area contributed by atoms with E-state index in [0.29, 0.717) is 16.5 Å². The molecule has 3 nitrogen and oxygen atoms in total. The maximum absolute atomic E-state index is 13.5. The highest BCUT2D eigenvalue weighted by molar-refractivity contribution is 9.10. The number of nitrogens with one attached hydrogen (secondary N) is 1. The molecule has 0 aliphatic heterocycles. The van der Waals surface area contributed by atoms with E-state index in [-0.39, 0.29) is 19.0 Å². The molecule has 0 radical (unpaired) electrons. The van der Waals surface area contributed by atoms with E-state index in [2.05, 4.69) is 21.2 Å². The van der Waals surface area contributed by atoms with Crippen LogP contribution in [-0.2, 0) is 0 Å². The molecule has 0 amide bonds. The average Bonchev–Trinajstić information content (AvgIpc) is 2.47. The van der Waals surface area contributed by atoms with Gasteiger partial charge in [0.2, 0.25) is 0 Å². The molecule has 0 bridgehead atoms. The fourth-order valence-electron chi connectivity index (χ4n) is 1.67. The normalized spacial score (nSPS) is 12.0. The molecule has 0 saturated carbocycles. The second-order valence-corrected chi connectivity index (χ2v) is 5.72. The van der Waals surface area contributed by atoms with E-state index in [4.69, 9.17) is 16.3 Å². The topological polar surface area (TPSA) is 41.5 Å². The Labute approximate surface area is 135 Å². The van der Waals surface area contributed by atoms with Crippen LogP contribution in [0.3, 0.4) is 0 Å². The number of hydrogen-bond acceptors (Lipinski definition) is 3. The van der Waals surface area contributed by atoms with E-state index >= 15 is 0 Å². The molecule has 1 atom stereocenters. The summed E-state index contributed by atoms with van der Waals surface area (Å²) in [5.74, 6) is 0.129. The van der Waals surface area contributed by atoms with Crippen molar-refractivity contribution in [1.29, 1.82) is 0 Å². The van der Waals surface area contributed by atoms with Crippen LogP contribution in [0.2, 0.25) is 5.02 Å². The van der Waals surface area contributed by atoms with Gasteiger partial charge in [0, 0.05) is 11.0 Å². The Morgan fingerprint density at radius 3 is 2.81 bits per heavy atom. The zero-order valence-corrected chi connectivity index (χ0v) is 13.4. The Hall–Kier alpha value is -1.30. The van der Waals surface area contributed by atoms with Crippen LogP contribution < -0.4 is 10.1 Å². The minimum atomic E-state index is -0.792. The lowest BCUT2D eigenvalue weighted by Gasteiger charge is -2.15. The van der Waals surface area contributed by atoms with Crippen LogP contribution in [0.1, 0.15) is 0 Å². The van der Waals surface area contributed by atoms with E-state index in [1.807, 2.05) is 0 Å². The van der Waals surface area contributed by atoms with Gasteiger partial charge in [0.25, 0.3) is 0 Å². The number of para-hydroxylation sites is 1. The summed E-state index contributed by atoms with van der Waals surface area (Å²) >= 11 is 9.21. The first-order valence-corrected chi connectivity index (χ1v) is 7.47. The predicted octanol–water partition coefficient (Wildman–Crippen LogP) is 4.09. The Bertz CT molecular complexity index is 612. The summed E-state index contributed by atoms with van der Waals surface area (Å²) in [7, 11) is 0. The second kappa shape index (κ2) is 7.64. The minimum absolute atomic E-state index is 0.0619. The summed E-state index contributed by atoms with van der Waals surface area (Å²) < 4.78 is 19.7. The van der Waals surface area contributed by atoms with Gasteiger partial charge in [-0.25, -0.2) is 4.39 Å². The molecular weight excluding hydrogens is 361 g/mol. The number of rotatable bonds is 6. The lowest BCUT2D eigenvalue weighted by atomic mass is 10.3. The molecule has 0 aliphatic rings. The van der Waals surface area contributed by atoms with Crippen LogP contribution in [0.15, 0.2) is 46.9 Å². The van der Waals surface area contributed by atoms with E-state index in [0.717, 1.165) is 4.47 Å². The van der Waals surface area contributed by atoms with Gasteiger partial charge in [-0.3, -0.25) is 0 Å². The summed E-state index contributed by atoms with van der Waals surface area (Å²) in [4.78, 5) is 0. The van der Waals surface area contributed by atoms with Crippen molar-refractivity contribution in [3.8, 4) is 5.75 Å². The zero-order valence-electron chi connectivity index (χ0n) is 11.0. The summed E-state index contributed by atoms with van der Waals surface area (Å²) in [5.41, 5.74) is 0.321. The van der Waals surface area contributed by atoms with Crippen molar-refractivity contribution in [2.75, 3.05) is 18.5 Å². The molecule has 0 aliphatic carbocycles. The van der Waals surface area contributed by atoms with Crippen molar-refractivity contribution < 1.29 is 14.2 Å². The van der Waals surface area contributed by atoms with Crippen LogP contribution in [0.4, 0.5) is 10.1 Å². The van der Waals surface area contributed by atoms with E-state index < -0.39 is 6.10 Å². The van der Waals surface area contributed by atoms with Crippen molar-refractivity contribution in [3.63, 3.8) is 0 Å². The summed E-state index contributed by atoms with van der Waals surface area (Å²) in [6, 6.07) is 11.6. The first-order valence-electron chi connectivity index (χ1n) is 6.30. The fraction of sp³-hybridized carbons (Fsp3) is 0.200. The van der Waals surface area contributed by atoms with Crippen molar-refractivity contribution in [3.05, 3.63) is 57.8 Å². The highest BCUT2D eigenvalue weighted by atomic mass is 79.9. The van der Waals surface area contributed by atoms with Crippen molar-refractivity contribution >= 4 is 33.2 Å². The lowest BCUT2D eigenvalue weighted by molar-refractivity contribution is 0.117. The van der Waals surface area contributed by atoms with Gasteiger partial charge in [-0.15, -0.1) is 0 Å². The third-order valence-electron chi connectivity index (χ3n) is 2.72. The average molecular weight is 375 g/mol. The monoisotopic (exact) mass is 373 g/mol. The molecule has 112 valence electrons. The molecule has 6 heteroatoms. The van der Waals surface area contributed by atoms with Gasteiger partial charge in [-0.05, 0) is 30.3 Å². The van der Waals surface area contributed by atoms with Crippen LogP contribution >= 0.6 is 27.5 Å². The number of ether oxygens (including phenoxy) is 1. The van der Waals surface area contributed by atoms with Gasteiger partial charge in [0.05, 0.1) is 10.7 Å². The quantitative estimate of drug-likeness (QED) is 0.800. The second-order valence-electron chi connectivity index (χ2n) is 4.40. The number of anilines is 1. The number of halogens is 3. The Morgan fingerprint density at radius 2 is 2.05 bits per heavy atom. The van der Waals surface area contributed by atoms with Crippen molar-refractivity contribution in [1.82, 2.24) is 0 Å². The van der Waals surface area contributed by atoms with Gasteiger partial charge in [-0.1, -0.05) is 39.7 Å². The standard InChI is InChI=1S/C15H14BrClFNO2/c16-10-5-6-13(18)14(7-10)19-8-11(20)9-21-15-4-2-1-3-12(15)17/h1-7,11,19-20H,8-9H2. The van der Waals surface area contributed by atoms with Gasteiger partial charge >= 0.3 is 0 Å². The van der Waals surface area contributed by atoms with E-state index in [9.17, 15) is 9.50 Å². The summed E-state index contributed by atoms with van der Waals surface area (Å²) in [6.07, 6.45) is -0.792. The van der Waals surface area contributed by atoms with Crippen LogP contribution in [-0.4, -0.2) is 24.4 Å². The number of hydrogen-bond donors (Lipinski definition) is 2. The van der Waals surface area contributed by atoms with Crippen molar-refractivity contribution in [2.24, 2.45) is 0 Å². The first-order chi connectivity index (χ1) is 10.1. The molecular formula is C15H14BrClFNO2. The molecule has 0 aromatic heterocycles. The van der Waals surface area contributed by atoms with E-state index in [1.165, 1.54) is 6.07 Å². The molecule has 2 aromatic rings. The maximum Gasteiger partial charge on any atom is 0.146 e. The maximum atomic E-state index is 13.5. The smallest absolute Gasteiger partial charge is 0.146 e. The minimum Gasteiger partial charge on any atom is -0.489 e. The van der Waals surface area contributed by atoms with Gasteiger partial charge in [0.1, 0.15) is 24.3 Å². The van der Waals surface area contributed by atoms with Gasteiger partial charge in [-0.2, -0.15) is 0 Å². The molecule has 1 unspecified atom stereocenters. The molecule has 0 spiro atoms. The molecule has 2 N–H and O–H groups in total. The Morgan fingerprint density at radius 1 is 1.29 bits per heavy atom. The summed E-state index contributed by atoms with van der Waals surface area (Å²) in [6.45, 7) is 0.226.